The number of piperazine rings is 1. The van der Waals surface area contributed by atoms with E-state index in [0.29, 0.717) is 49.8 Å². The highest BCUT2D eigenvalue weighted by Crippen LogP contribution is 2.37. The molecule has 182 valence electrons. The van der Waals surface area contributed by atoms with E-state index in [2.05, 4.69) is 11.4 Å². The molecule has 1 N–H and O–H groups in total. The van der Waals surface area contributed by atoms with Crippen molar-refractivity contribution >= 4 is 32.5 Å². The zero-order valence-electron chi connectivity index (χ0n) is 19.4. The van der Waals surface area contributed by atoms with E-state index >= 15 is 0 Å². The summed E-state index contributed by atoms with van der Waals surface area (Å²) in [4.78, 5) is 15.9. The van der Waals surface area contributed by atoms with Gasteiger partial charge in [0.05, 0.1) is 24.3 Å². The van der Waals surface area contributed by atoms with E-state index < -0.39 is 10.2 Å². The van der Waals surface area contributed by atoms with Crippen molar-refractivity contribution < 1.29 is 17.9 Å². The average molecular weight is 496 g/mol. The van der Waals surface area contributed by atoms with Crippen molar-refractivity contribution in [1.29, 1.82) is 5.26 Å². The van der Waals surface area contributed by atoms with Crippen LogP contribution in [-0.4, -0.2) is 85.9 Å². The molecule has 1 aliphatic carbocycles. The predicted molar refractivity (Wildman–Crippen MR) is 127 cm³/mol. The Hall–Kier alpha value is -1.55. The van der Waals surface area contributed by atoms with E-state index in [-0.39, 0.29) is 24.7 Å². The van der Waals surface area contributed by atoms with Gasteiger partial charge in [0.2, 0.25) is 5.91 Å². The predicted octanol–water partition coefficient (Wildman–Crippen LogP) is 1.80. The smallest absolute Gasteiger partial charge is 0.282 e. The van der Waals surface area contributed by atoms with Gasteiger partial charge in [0, 0.05) is 44.1 Å². The SMILES string of the molecule is CC1CN(S(=O)(=O)N2CCN(CC(=O)Nc3sc4c(c3C#N)CCCCC4)CC2)CC(C)O1. The lowest BCUT2D eigenvalue weighted by Crippen LogP contribution is -2.57. The van der Waals surface area contributed by atoms with Crippen molar-refractivity contribution in [2.75, 3.05) is 51.1 Å². The third-order valence-corrected chi connectivity index (χ3v) is 9.70. The molecule has 3 heterocycles. The van der Waals surface area contributed by atoms with Crippen LogP contribution in [0.3, 0.4) is 0 Å². The van der Waals surface area contributed by atoms with Gasteiger partial charge in [-0.05, 0) is 45.1 Å². The monoisotopic (exact) mass is 495 g/mol. The van der Waals surface area contributed by atoms with E-state index in [4.69, 9.17) is 4.74 Å². The summed E-state index contributed by atoms with van der Waals surface area (Å²) in [7, 11) is -3.54. The van der Waals surface area contributed by atoms with Gasteiger partial charge in [-0.1, -0.05) is 6.42 Å². The topological polar surface area (TPSA) is 106 Å². The second-order valence-electron chi connectivity index (χ2n) is 9.19. The minimum atomic E-state index is -3.54. The molecule has 0 spiro atoms. The number of anilines is 1. The molecule has 0 aromatic carbocycles. The lowest BCUT2D eigenvalue weighted by molar-refractivity contribution is -0.117. The Kier molecular flexibility index (Phi) is 7.73. The van der Waals surface area contributed by atoms with Gasteiger partial charge in [-0.3, -0.25) is 9.69 Å². The zero-order chi connectivity index (χ0) is 23.6. The fraction of sp³-hybridized carbons (Fsp3) is 0.727. The number of hydrogen-bond donors (Lipinski definition) is 1. The summed E-state index contributed by atoms with van der Waals surface area (Å²) < 4.78 is 34.8. The Morgan fingerprint density at radius 3 is 2.42 bits per heavy atom. The molecule has 33 heavy (non-hydrogen) atoms. The molecule has 1 aromatic rings. The van der Waals surface area contributed by atoms with E-state index in [9.17, 15) is 18.5 Å². The molecule has 2 atom stereocenters. The zero-order valence-corrected chi connectivity index (χ0v) is 21.0. The summed E-state index contributed by atoms with van der Waals surface area (Å²) in [5.74, 6) is -0.157. The molecule has 2 aliphatic heterocycles. The van der Waals surface area contributed by atoms with Crippen LogP contribution in [-0.2, 0) is 32.6 Å². The number of carbonyl (C=O) groups excluding carboxylic acids is 1. The number of nitriles is 1. The first-order chi connectivity index (χ1) is 15.8. The Balaban J connectivity index is 1.31. The minimum absolute atomic E-state index is 0.126. The summed E-state index contributed by atoms with van der Waals surface area (Å²) in [5.41, 5.74) is 1.73. The van der Waals surface area contributed by atoms with Gasteiger partial charge in [-0.2, -0.15) is 22.3 Å². The fourth-order valence-electron chi connectivity index (χ4n) is 4.92. The molecule has 0 saturated carbocycles. The van der Waals surface area contributed by atoms with Crippen molar-refractivity contribution in [3.63, 3.8) is 0 Å². The van der Waals surface area contributed by atoms with Crippen LogP contribution in [0.5, 0.6) is 0 Å². The number of morpholine rings is 1. The highest BCUT2D eigenvalue weighted by atomic mass is 32.2. The van der Waals surface area contributed by atoms with Gasteiger partial charge < -0.3 is 10.1 Å². The van der Waals surface area contributed by atoms with Crippen LogP contribution in [0.2, 0.25) is 0 Å². The van der Waals surface area contributed by atoms with E-state index in [1.807, 2.05) is 18.7 Å². The summed E-state index contributed by atoms with van der Waals surface area (Å²) >= 11 is 1.53. The molecule has 0 radical (unpaired) electrons. The maximum absolute atomic E-state index is 13.1. The quantitative estimate of drug-likeness (QED) is 0.625. The van der Waals surface area contributed by atoms with Gasteiger partial charge in [-0.15, -0.1) is 11.3 Å². The van der Waals surface area contributed by atoms with E-state index in [1.54, 1.807) is 0 Å². The number of thiophene rings is 1. The van der Waals surface area contributed by atoms with Crippen LogP contribution in [0.15, 0.2) is 0 Å². The minimum Gasteiger partial charge on any atom is -0.373 e. The first kappa shape index (κ1) is 24.6. The van der Waals surface area contributed by atoms with Gasteiger partial charge >= 0.3 is 0 Å². The maximum atomic E-state index is 13.1. The lowest BCUT2D eigenvalue weighted by atomic mass is 10.1. The number of fused-ring (bicyclic) bond motifs is 1. The van der Waals surface area contributed by atoms with Crippen molar-refractivity contribution in [3.05, 3.63) is 16.0 Å². The maximum Gasteiger partial charge on any atom is 0.282 e. The number of ether oxygens (including phenoxy) is 1. The Morgan fingerprint density at radius 1 is 1.09 bits per heavy atom. The summed E-state index contributed by atoms with van der Waals surface area (Å²) in [5, 5.41) is 13.3. The Morgan fingerprint density at radius 2 is 1.76 bits per heavy atom. The van der Waals surface area contributed by atoms with E-state index in [0.717, 1.165) is 31.2 Å². The summed E-state index contributed by atoms with van der Waals surface area (Å²) in [6.45, 7) is 6.38. The number of hydrogen-bond acceptors (Lipinski definition) is 7. The molecule has 11 heteroatoms. The number of aryl methyl sites for hydroxylation is 1. The number of nitrogens with zero attached hydrogens (tertiary/aromatic N) is 4. The highest BCUT2D eigenvalue weighted by Gasteiger charge is 2.37. The molecule has 2 unspecified atom stereocenters. The van der Waals surface area contributed by atoms with Crippen LogP contribution >= 0.6 is 11.3 Å². The molecule has 4 rings (SSSR count). The lowest BCUT2D eigenvalue weighted by Gasteiger charge is -2.40. The molecular formula is C22H33N5O4S2. The first-order valence-electron chi connectivity index (χ1n) is 11.8. The van der Waals surface area contributed by atoms with Crippen LogP contribution in [0.1, 0.15) is 49.1 Å². The summed E-state index contributed by atoms with van der Waals surface area (Å²) in [6, 6.07) is 2.30. The van der Waals surface area contributed by atoms with E-state index in [1.165, 1.54) is 31.2 Å². The van der Waals surface area contributed by atoms with Crippen molar-refractivity contribution in [2.45, 2.75) is 58.2 Å². The second-order valence-corrected chi connectivity index (χ2v) is 12.2. The normalized spacial score (nSPS) is 25.7. The standard InChI is InChI=1S/C22H33N5O4S2/c1-16-13-27(14-17(2)31-16)33(29,30)26-10-8-25(9-11-26)15-21(28)24-22-19(12-23)18-6-4-3-5-7-20(18)32-22/h16-17H,3-11,13-15H2,1-2H3,(H,24,28). The Labute approximate surface area is 200 Å². The molecule has 0 bridgehead atoms. The van der Waals surface area contributed by atoms with Gasteiger partial charge in [-0.25, -0.2) is 0 Å². The average Bonchev–Trinajstić information content (AvgIpc) is 2.92. The van der Waals surface area contributed by atoms with Crippen molar-refractivity contribution in [3.8, 4) is 6.07 Å². The fourth-order valence-corrected chi connectivity index (χ4v) is 7.92. The molecule has 2 fully saturated rings. The molecule has 1 amide bonds. The van der Waals surface area contributed by atoms with Gasteiger partial charge in [0.15, 0.2) is 0 Å². The van der Waals surface area contributed by atoms with Crippen molar-refractivity contribution in [1.82, 2.24) is 13.5 Å². The number of amides is 1. The molecule has 1 aromatic heterocycles. The third kappa shape index (κ3) is 5.58. The molecular weight excluding hydrogens is 462 g/mol. The Bertz CT molecular complexity index is 1000. The summed E-state index contributed by atoms with van der Waals surface area (Å²) in [6.07, 6.45) is 5.02. The van der Waals surface area contributed by atoms with Crippen LogP contribution in [0.4, 0.5) is 5.00 Å². The van der Waals surface area contributed by atoms with Gasteiger partial charge in [0.1, 0.15) is 11.1 Å². The van der Waals surface area contributed by atoms with Gasteiger partial charge in [0.25, 0.3) is 10.2 Å². The second kappa shape index (κ2) is 10.4. The van der Waals surface area contributed by atoms with Crippen LogP contribution < -0.4 is 5.32 Å². The molecule has 9 nitrogen and oxygen atoms in total. The third-order valence-electron chi connectivity index (χ3n) is 6.52. The largest absolute Gasteiger partial charge is 0.373 e. The van der Waals surface area contributed by atoms with Crippen LogP contribution in [0, 0.1) is 11.3 Å². The number of rotatable bonds is 5. The molecule has 2 saturated heterocycles. The van der Waals surface area contributed by atoms with Crippen molar-refractivity contribution in [2.24, 2.45) is 0 Å². The van der Waals surface area contributed by atoms with Crippen LogP contribution in [0.25, 0.3) is 0 Å². The highest BCUT2D eigenvalue weighted by molar-refractivity contribution is 7.86. The first-order valence-corrected chi connectivity index (χ1v) is 14.0. The molecule has 3 aliphatic rings. The number of carbonyl (C=O) groups is 1. The number of nitrogens with one attached hydrogen (secondary N) is 1.